The van der Waals surface area contributed by atoms with Gasteiger partial charge in [0.15, 0.2) is 96.0 Å². The molecule has 0 radical (unpaired) electrons. The van der Waals surface area contributed by atoms with E-state index >= 15 is 0 Å². The van der Waals surface area contributed by atoms with Gasteiger partial charge in [-0.05, 0) is 19.3 Å². The lowest BCUT2D eigenvalue weighted by Crippen LogP contribution is -2.46. The van der Waals surface area contributed by atoms with E-state index in [0.29, 0.717) is 49.0 Å². The van der Waals surface area contributed by atoms with Gasteiger partial charge in [0.1, 0.15) is 87.5 Å². The number of nitrogens with zero attached hydrogens (tertiary/aromatic N) is 15. The largest absolute Gasteiger partial charge is 0.463 e. The third kappa shape index (κ3) is 29.9. The summed E-state index contributed by atoms with van der Waals surface area (Å²) in [4.78, 5) is 217. The van der Waals surface area contributed by atoms with Gasteiger partial charge in [0, 0.05) is 96.2 Å². The van der Waals surface area contributed by atoms with Crippen molar-refractivity contribution in [2.75, 3.05) is 88.6 Å². The number of fused-ring (bicyclic) bond motifs is 5. The van der Waals surface area contributed by atoms with E-state index in [1.807, 2.05) is 13.8 Å². The Morgan fingerprint density at radius 1 is 0.342 bits per heavy atom. The molecule has 0 amide bonds. The molecule has 12 N–H and O–H groups in total. The summed E-state index contributed by atoms with van der Waals surface area (Å²) in [7, 11) is 1.41. The first-order valence-electron chi connectivity index (χ1n) is 46.7. The SMILES string of the molecule is CC(=O)OCC(OC(C)=O)[C@H]1O[C@@H](n2c(=O)sc3cnc(N)nc32)[C@H](OC(C)=O)[C@H]1OC(C)=O.CCCCCCCCO[C@@H]1[C@@H](OC(C)=O)[C@H](n2c(=O)sc3cnc(N)nc32)O[C@@H]1COC(C)=O.CCCCO[C@@H]1[C@@H](O)[C@@H](n2c(=O)sc3cnc(N)nc32)O[C@@H]1CO.CCCCO[C@@H]1[C@@H](OC(C)=O)[C@H](n2c(=O)sc3cnc(N)nc32)O[C@@H]1COC(C)=O.CO[C@@H]1[C@@H](OC(C)=O)[C@H](n2c(=O)sc3cnc(N)nc32)O[C@@H]1COC(C)=O. The van der Waals surface area contributed by atoms with Gasteiger partial charge >= 0.3 is 84.1 Å². The Hall–Kier alpha value is -12.9. The summed E-state index contributed by atoms with van der Waals surface area (Å²) in [6.45, 7) is 18.4. The van der Waals surface area contributed by atoms with Crippen LogP contribution in [-0.4, -0.2) is 300 Å². The molecule has 61 heteroatoms. The van der Waals surface area contributed by atoms with Crippen LogP contribution in [-0.2, 0) is 138 Å². The van der Waals surface area contributed by atoms with Crippen LogP contribution in [0.3, 0.4) is 0 Å². The Balaban J connectivity index is 0.000000178. The fourth-order valence-electron chi connectivity index (χ4n) is 16.3. The van der Waals surface area contributed by atoms with Gasteiger partial charge in [-0.1, -0.05) is 122 Å². The maximum Gasteiger partial charge on any atom is 0.311 e. The number of aromatic nitrogens is 15. The zero-order valence-corrected chi connectivity index (χ0v) is 87.2. The van der Waals surface area contributed by atoms with Gasteiger partial charge < -0.3 is 129 Å². The van der Waals surface area contributed by atoms with E-state index in [-0.39, 0.29) is 93.4 Å². The lowest BCUT2D eigenvalue weighted by molar-refractivity contribution is -0.177. The molecule has 5 fully saturated rings. The fraction of sp³-hybridized carbons (Fsp3) is 0.602. The average molecular weight is 2190 g/mol. The molecule has 15 rings (SSSR count). The number of aliphatic hydroxyl groups excluding tert-OH is 2. The van der Waals surface area contributed by atoms with Crippen LogP contribution in [0.5, 0.6) is 0 Å². The minimum absolute atomic E-state index is 0.00609. The van der Waals surface area contributed by atoms with Crippen molar-refractivity contribution in [3.63, 3.8) is 0 Å². The molecule has 814 valence electrons. The van der Waals surface area contributed by atoms with Gasteiger partial charge in [-0.25, -0.2) is 24.9 Å². The number of esters is 10. The van der Waals surface area contributed by atoms with Crippen molar-refractivity contribution in [3.8, 4) is 0 Å². The molecule has 21 atom stereocenters. The second-order valence-electron chi connectivity index (χ2n) is 33.6. The third-order valence-corrected chi connectivity index (χ3v) is 26.8. The molecule has 56 nitrogen and oxygen atoms in total. The van der Waals surface area contributed by atoms with E-state index in [4.69, 9.17) is 119 Å². The minimum Gasteiger partial charge on any atom is -0.463 e. The van der Waals surface area contributed by atoms with E-state index in [1.165, 1.54) is 117 Å². The molecular weight excluding hydrogens is 2070 g/mol. The van der Waals surface area contributed by atoms with Crippen molar-refractivity contribution < 1.29 is 148 Å². The highest BCUT2D eigenvalue weighted by Gasteiger charge is 2.57. The van der Waals surface area contributed by atoms with Crippen molar-refractivity contribution in [1.29, 1.82) is 0 Å². The van der Waals surface area contributed by atoms with Crippen molar-refractivity contribution in [2.45, 2.75) is 283 Å². The Labute approximate surface area is 864 Å². The summed E-state index contributed by atoms with van der Waals surface area (Å²) in [5, 5.41) is 20.1. The van der Waals surface area contributed by atoms with E-state index in [2.05, 4.69) is 56.8 Å². The highest BCUT2D eigenvalue weighted by molar-refractivity contribution is 7.17. The van der Waals surface area contributed by atoms with Crippen molar-refractivity contribution >= 4 is 198 Å². The van der Waals surface area contributed by atoms with Crippen molar-refractivity contribution in [3.05, 3.63) is 79.3 Å². The molecule has 0 aliphatic carbocycles. The summed E-state index contributed by atoms with van der Waals surface area (Å²) < 4.78 is 114. The Bertz CT molecular complexity index is 6690. The molecule has 0 aromatic carbocycles. The van der Waals surface area contributed by atoms with Crippen LogP contribution in [0.25, 0.3) is 51.7 Å². The number of nitrogen functional groups attached to an aromatic ring is 5. The minimum atomic E-state index is -1.36. The number of hydrogen-bond acceptors (Lipinski definition) is 56. The third-order valence-electron chi connectivity index (χ3n) is 22.4. The molecule has 1 unspecified atom stereocenters. The zero-order chi connectivity index (χ0) is 109. The smallest absolute Gasteiger partial charge is 0.311 e. The quantitative estimate of drug-likeness (QED) is 0.0166. The predicted octanol–water partition coefficient (Wildman–Crippen LogP) is 2.99. The lowest BCUT2D eigenvalue weighted by atomic mass is 10.0. The topological polar surface area (TPSA) is 756 Å². The Morgan fingerprint density at radius 2 is 0.617 bits per heavy atom. The number of unbranched alkanes of at least 4 members (excludes halogenated alkanes) is 7. The molecular formula is C88H116N20O36S5. The van der Waals surface area contributed by atoms with Crippen LogP contribution in [0, 0.1) is 0 Å². The summed E-state index contributed by atoms with van der Waals surface area (Å²) in [6.07, 6.45) is -3.53. The number of aliphatic hydroxyl groups is 2. The monoisotopic (exact) mass is 2190 g/mol. The molecule has 149 heavy (non-hydrogen) atoms. The number of nitrogens with two attached hydrogens (primary N) is 5. The van der Waals surface area contributed by atoms with Crippen LogP contribution >= 0.6 is 56.7 Å². The first-order chi connectivity index (χ1) is 71.0. The maximum atomic E-state index is 12.9. The summed E-state index contributed by atoms with van der Waals surface area (Å²) in [5.41, 5.74) is 29.5. The summed E-state index contributed by atoms with van der Waals surface area (Å²) in [6, 6.07) is 0. The van der Waals surface area contributed by atoms with Gasteiger partial charge in [-0.2, -0.15) is 24.9 Å². The van der Waals surface area contributed by atoms with E-state index in [9.17, 15) is 82.1 Å². The first kappa shape index (κ1) is 116. The number of hydrogen-bond donors (Lipinski definition) is 7. The van der Waals surface area contributed by atoms with E-state index in [0.717, 1.165) is 134 Å². The highest BCUT2D eigenvalue weighted by Crippen LogP contribution is 2.43. The van der Waals surface area contributed by atoms with Gasteiger partial charge in [-0.15, -0.1) is 0 Å². The lowest BCUT2D eigenvalue weighted by Gasteiger charge is -2.27. The number of rotatable bonds is 38. The number of thiazole rings is 5. The van der Waals surface area contributed by atoms with Crippen LogP contribution in [0.2, 0.25) is 0 Å². The molecule has 0 saturated carbocycles. The molecule has 15 heterocycles. The van der Waals surface area contributed by atoms with Gasteiger partial charge in [0.2, 0.25) is 29.7 Å². The summed E-state index contributed by atoms with van der Waals surface area (Å²) >= 11 is 4.48. The molecule has 5 aliphatic rings. The highest BCUT2D eigenvalue weighted by atomic mass is 32.1. The van der Waals surface area contributed by atoms with Crippen LogP contribution in [0.15, 0.2) is 55.0 Å². The Morgan fingerprint density at radius 3 is 0.926 bits per heavy atom. The second-order valence-corrected chi connectivity index (χ2v) is 38.6. The van der Waals surface area contributed by atoms with Crippen molar-refractivity contribution in [1.82, 2.24) is 72.7 Å². The maximum absolute atomic E-state index is 12.9. The number of anilines is 5. The molecule has 0 spiro atoms. The van der Waals surface area contributed by atoms with Gasteiger partial charge in [-0.3, -0.25) is 94.8 Å². The number of carbonyl (C=O) groups excluding carboxylic acids is 10. The molecule has 10 aromatic heterocycles. The van der Waals surface area contributed by atoms with Gasteiger partial charge in [0.05, 0.1) is 61.1 Å². The molecule has 10 aromatic rings. The van der Waals surface area contributed by atoms with Crippen molar-refractivity contribution in [2.24, 2.45) is 0 Å². The Kier molecular flexibility index (Phi) is 42.2. The molecule has 0 bridgehead atoms. The van der Waals surface area contributed by atoms with Crippen LogP contribution in [0.4, 0.5) is 29.7 Å². The second kappa shape index (κ2) is 54.0. The number of methoxy groups -OCH3 is 1. The van der Waals surface area contributed by atoms with Gasteiger partial charge in [0.25, 0.3) is 0 Å². The van der Waals surface area contributed by atoms with Crippen LogP contribution in [0.1, 0.15) is 185 Å². The number of carbonyl (C=O) groups is 10. The normalized spacial score (nSPS) is 23.9. The first-order valence-corrected chi connectivity index (χ1v) is 50.7. The standard InChI is InChI=1S/C22H32N4O7S.C19H22N4O10S.C18H24N4O7S.C15H18N4O7S.C14H20N4O5S/c1-4-5-6-7-8-9-10-30-17-15(12-31-13(2)27)33-20(18(17)32-14(3)28)26-19-16(34-22(26)29)11-24-21(23)25-19;1-7(24)29-6-11(30-8(2)25)13-14(31-9(3)26)15(32-10(4)27)17(33-13)23-16-12(34-19(23)28)5-21-18(20)22-16;1-4-5-6-26-13-11(8-27-9(2)23)29-16(14(13)28-10(3)24)22-15-12(30-18(22)25)7-20-17(19)21-15;1-6(20)24-5-8-10(23-3)11(25-7(2)21)13(26-8)19-12-9(27-15(19)22)4-17-14(16)18-12;1-2-3-4-22-10-7(6-19)23-12(9(10)20)18-11-8(24-14(18)21)5-16-13(15)17-11/h11,15,17-18,20H,4-10,12H2,1-3H3,(H2,23,24,25);5,11,13-15,17H,6H2,1-4H3,(H2,20,21,22);7,11,13-14,16H,4-6,8H2,1-3H3,(H2,19,20,21);4,8,10-11,13H,5H2,1-3H3,(H2,16,17,18);5,7,9-10,12,19-20H,2-4,6H2,1H3,(H2,15,16,17)/t15-,17+,18-,20-;11?,13-,14+,15-,17-;11-,13+,14-,16-;8-,10+,11-,13-;7-,9-,10+,12+/m11111/s1. The molecule has 5 aliphatic heterocycles. The van der Waals surface area contributed by atoms with Crippen LogP contribution < -0.4 is 53.0 Å². The fourth-order valence-corrected chi connectivity index (χ4v) is 20.4. The average Bonchev–Trinajstić information content (AvgIpc) is 1.66. The van der Waals surface area contributed by atoms with E-state index < -0.39 is 205 Å². The molecule has 5 saturated heterocycles. The van der Waals surface area contributed by atoms with E-state index in [1.54, 1.807) is 0 Å². The zero-order valence-electron chi connectivity index (χ0n) is 83.2. The summed E-state index contributed by atoms with van der Waals surface area (Å²) in [5.74, 6) is -6.24. The number of ether oxygens (including phenoxy) is 19. The predicted molar refractivity (Wildman–Crippen MR) is 526 cm³/mol.